The van der Waals surface area contributed by atoms with Gasteiger partial charge in [0, 0.05) is 10.2 Å². The molecule has 1 atom stereocenters. The van der Waals surface area contributed by atoms with Crippen LogP contribution in [0.4, 0.5) is 0 Å². The minimum atomic E-state index is -0.384. The SMILES string of the molecule is COC(=O)C1=C(C)NCNC1c1cnn(-c2ccc(Br)cc2)n1. The average molecular weight is 378 g/mol. The lowest BCUT2D eigenvalue weighted by atomic mass is 10.0. The van der Waals surface area contributed by atoms with Crippen molar-refractivity contribution in [2.75, 3.05) is 13.8 Å². The van der Waals surface area contributed by atoms with E-state index in [1.54, 1.807) is 6.20 Å². The molecule has 0 radical (unpaired) electrons. The minimum absolute atomic E-state index is 0.354. The van der Waals surface area contributed by atoms with Gasteiger partial charge in [0.25, 0.3) is 0 Å². The summed E-state index contributed by atoms with van der Waals surface area (Å²) in [4.78, 5) is 13.6. The van der Waals surface area contributed by atoms with E-state index in [0.29, 0.717) is 17.9 Å². The smallest absolute Gasteiger partial charge is 0.337 e. The Kier molecular flexibility index (Phi) is 4.44. The molecule has 0 fully saturated rings. The first-order chi connectivity index (χ1) is 11.1. The summed E-state index contributed by atoms with van der Waals surface area (Å²) in [5, 5.41) is 15.1. The molecule has 0 saturated heterocycles. The molecule has 7 nitrogen and oxygen atoms in total. The standard InChI is InChI=1S/C15H16BrN5O2/c1-9-13(15(22)23-2)14(18-8-17-9)12-7-19-21(20-12)11-5-3-10(16)4-6-11/h3-7,14,17-18H,8H2,1-2H3. The van der Waals surface area contributed by atoms with Crippen LogP contribution in [0.1, 0.15) is 18.7 Å². The Morgan fingerprint density at radius 3 is 2.83 bits per heavy atom. The number of hydrogen-bond acceptors (Lipinski definition) is 6. The maximum absolute atomic E-state index is 12.1. The van der Waals surface area contributed by atoms with Gasteiger partial charge in [-0.25, -0.2) is 4.79 Å². The zero-order valence-electron chi connectivity index (χ0n) is 12.7. The molecule has 2 heterocycles. The number of esters is 1. The van der Waals surface area contributed by atoms with Gasteiger partial charge in [0.1, 0.15) is 5.69 Å². The van der Waals surface area contributed by atoms with E-state index in [1.807, 2.05) is 31.2 Å². The third kappa shape index (κ3) is 3.13. The normalized spacial score (nSPS) is 17.8. The van der Waals surface area contributed by atoms with E-state index < -0.39 is 0 Å². The number of ether oxygens (including phenoxy) is 1. The summed E-state index contributed by atoms with van der Waals surface area (Å²) in [5.74, 6) is -0.384. The molecule has 1 aromatic heterocycles. The molecule has 23 heavy (non-hydrogen) atoms. The van der Waals surface area contributed by atoms with Crippen LogP contribution in [0.3, 0.4) is 0 Å². The van der Waals surface area contributed by atoms with Crippen molar-refractivity contribution < 1.29 is 9.53 Å². The third-order valence-electron chi connectivity index (χ3n) is 3.62. The first-order valence-corrected chi connectivity index (χ1v) is 7.84. The fraction of sp³-hybridized carbons (Fsp3) is 0.267. The van der Waals surface area contributed by atoms with Gasteiger partial charge in [0.15, 0.2) is 0 Å². The molecule has 8 heteroatoms. The van der Waals surface area contributed by atoms with Gasteiger partial charge in [-0.2, -0.15) is 15.0 Å². The summed E-state index contributed by atoms with van der Waals surface area (Å²) < 4.78 is 5.87. The molecule has 0 bridgehead atoms. The predicted molar refractivity (Wildman–Crippen MR) is 87.7 cm³/mol. The highest BCUT2D eigenvalue weighted by molar-refractivity contribution is 9.10. The number of nitrogens with one attached hydrogen (secondary N) is 2. The van der Waals surface area contributed by atoms with Crippen LogP contribution in [0.5, 0.6) is 0 Å². The monoisotopic (exact) mass is 377 g/mol. The highest BCUT2D eigenvalue weighted by Crippen LogP contribution is 2.25. The second-order valence-corrected chi connectivity index (χ2v) is 5.97. The molecule has 2 aromatic rings. The van der Waals surface area contributed by atoms with Gasteiger partial charge < -0.3 is 10.1 Å². The number of nitrogens with zero attached hydrogens (tertiary/aromatic N) is 3. The lowest BCUT2D eigenvalue weighted by Crippen LogP contribution is -2.41. The van der Waals surface area contributed by atoms with Crippen LogP contribution in [-0.4, -0.2) is 34.7 Å². The van der Waals surface area contributed by atoms with Gasteiger partial charge >= 0.3 is 5.97 Å². The Morgan fingerprint density at radius 2 is 2.13 bits per heavy atom. The van der Waals surface area contributed by atoms with E-state index in [0.717, 1.165) is 15.9 Å². The largest absolute Gasteiger partial charge is 0.466 e. The van der Waals surface area contributed by atoms with Crippen molar-refractivity contribution in [1.29, 1.82) is 0 Å². The summed E-state index contributed by atoms with van der Waals surface area (Å²) >= 11 is 3.40. The number of allylic oxidation sites excluding steroid dienone is 1. The van der Waals surface area contributed by atoms with Crippen LogP contribution < -0.4 is 10.6 Å². The molecule has 1 aliphatic rings. The average Bonchev–Trinajstić information content (AvgIpc) is 3.04. The number of hydrogen-bond donors (Lipinski definition) is 2. The minimum Gasteiger partial charge on any atom is -0.466 e. The number of methoxy groups -OCH3 is 1. The second kappa shape index (κ2) is 6.51. The van der Waals surface area contributed by atoms with Crippen molar-refractivity contribution in [1.82, 2.24) is 25.6 Å². The van der Waals surface area contributed by atoms with Crippen LogP contribution in [0, 0.1) is 0 Å². The zero-order valence-corrected chi connectivity index (χ0v) is 14.3. The van der Waals surface area contributed by atoms with Gasteiger partial charge in [-0.1, -0.05) is 15.9 Å². The molecular formula is C15H16BrN5O2. The van der Waals surface area contributed by atoms with E-state index in [9.17, 15) is 4.79 Å². The summed E-state index contributed by atoms with van der Waals surface area (Å²) in [7, 11) is 1.37. The van der Waals surface area contributed by atoms with Crippen LogP contribution in [0.25, 0.3) is 5.69 Å². The van der Waals surface area contributed by atoms with E-state index in [1.165, 1.54) is 11.9 Å². The highest BCUT2D eigenvalue weighted by Gasteiger charge is 2.30. The van der Waals surface area contributed by atoms with E-state index in [-0.39, 0.29) is 12.0 Å². The Morgan fingerprint density at radius 1 is 1.39 bits per heavy atom. The Balaban J connectivity index is 1.94. The maximum atomic E-state index is 12.1. The van der Waals surface area contributed by atoms with Crippen molar-refractivity contribution in [2.45, 2.75) is 13.0 Å². The van der Waals surface area contributed by atoms with Crippen molar-refractivity contribution in [3.05, 3.63) is 51.9 Å². The van der Waals surface area contributed by atoms with Crippen molar-refractivity contribution in [2.24, 2.45) is 0 Å². The molecule has 3 rings (SSSR count). The Bertz CT molecular complexity index is 753. The molecule has 0 saturated carbocycles. The second-order valence-electron chi connectivity index (χ2n) is 5.06. The topological polar surface area (TPSA) is 81.1 Å². The van der Waals surface area contributed by atoms with Crippen LogP contribution in [-0.2, 0) is 9.53 Å². The lowest BCUT2D eigenvalue weighted by Gasteiger charge is -2.26. The van der Waals surface area contributed by atoms with Crippen LogP contribution >= 0.6 is 15.9 Å². The maximum Gasteiger partial charge on any atom is 0.337 e. The summed E-state index contributed by atoms with van der Waals surface area (Å²) in [6.07, 6.45) is 1.65. The van der Waals surface area contributed by atoms with Crippen molar-refractivity contribution >= 4 is 21.9 Å². The van der Waals surface area contributed by atoms with E-state index >= 15 is 0 Å². The molecule has 0 spiro atoms. The number of rotatable bonds is 3. The van der Waals surface area contributed by atoms with Crippen LogP contribution in [0.2, 0.25) is 0 Å². The van der Waals surface area contributed by atoms with Crippen molar-refractivity contribution in [3.63, 3.8) is 0 Å². The number of benzene rings is 1. The molecular weight excluding hydrogens is 362 g/mol. The molecule has 0 amide bonds. The summed E-state index contributed by atoms with van der Waals surface area (Å²) in [5.41, 5.74) is 2.79. The van der Waals surface area contributed by atoms with Crippen molar-refractivity contribution in [3.8, 4) is 5.69 Å². The van der Waals surface area contributed by atoms with Gasteiger partial charge in [-0.05, 0) is 31.2 Å². The molecule has 1 unspecified atom stereocenters. The molecule has 0 aliphatic carbocycles. The van der Waals surface area contributed by atoms with Gasteiger partial charge in [-0.15, -0.1) is 0 Å². The third-order valence-corrected chi connectivity index (χ3v) is 4.15. The van der Waals surface area contributed by atoms with E-state index in [4.69, 9.17) is 4.74 Å². The molecule has 2 N–H and O–H groups in total. The number of halogens is 1. The number of aromatic nitrogens is 3. The highest BCUT2D eigenvalue weighted by atomic mass is 79.9. The van der Waals surface area contributed by atoms with Gasteiger partial charge in [-0.3, -0.25) is 5.32 Å². The zero-order chi connectivity index (χ0) is 16.4. The van der Waals surface area contributed by atoms with Gasteiger partial charge in [0.2, 0.25) is 0 Å². The predicted octanol–water partition coefficient (Wildman–Crippen LogP) is 1.67. The van der Waals surface area contributed by atoms with Gasteiger partial charge in [0.05, 0.1) is 37.3 Å². The molecule has 1 aliphatic heterocycles. The Hall–Kier alpha value is -2.19. The van der Waals surface area contributed by atoms with Crippen LogP contribution in [0.15, 0.2) is 46.2 Å². The van der Waals surface area contributed by atoms with E-state index in [2.05, 4.69) is 36.8 Å². The summed E-state index contributed by atoms with van der Waals surface area (Å²) in [6.45, 7) is 2.39. The first kappa shape index (κ1) is 15.7. The quantitative estimate of drug-likeness (QED) is 0.791. The lowest BCUT2D eigenvalue weighted by molar-refractivity contribution is -0.136. The summed E-state index contributed by atoms with van der Waals surface area (Å²) in [6, 6.07) is 7.31. The molecule has 120 valence electrons. The fourth-order valence-corrected chi connectivity index (χ4v) is 2.70. The number of carbonyl (C=O) groups excluding carboxylic acids is 1. The Labute approximate surface area is 141 Å². The first-order valence-electron chi connectivity index (χ1n) is 7.04. The fourth-order valence-electron chi connectivity index (χ4n) is 2.44. The molecule has 1 aromatic carbocycles. The number of carbonyl (C=O) groups is 1.